The second-order valence-electron chi connectivity index (χ2n) is 5.53. The number of nitro benzene ring substituents is 2. The Kier molecular flexibility index (Phi) is 6.96. The molecule has 0 saturated carbocycles. The molecule has 0 saturated heterocycles. The van der Waals surface area contributed by atoms with Gasteiger partial charge in [0.15, 0.2) is 0 Å². The fourth-order valence-electron chi connectivity index (χ4n) is 2.10. The van der Waals surface area contributed by atoms with Crippen LogP contribution in [0, 0.1) is 20.2 Å². The second-order valence-corrected chi connectivity index (χ2v) is 7.90. The van der Waals surface area contributed by atoms with Gasteiger partial charge in [-0.05, 0) is 24.3 Å². The number of alkyl halides is 3. The predicted molar refractivity (Wildman–Crippen MR) is 105 cm³/mol. The first-order chi connectivity index (χ1) is 13.5. The van der Waals surface area contributed by atoms with Gasteiger partial charge in [-0.15, -0.1) is 0 Å². The minimum atomic E-state index is -2.15. The lowest BCUT2D eigenvalue weighted by Crippen LogP contribution is -2.55. The van der Waals surface area contributed by atoms with Crippen molar-refractivity contribution in [2.45, 2.75) is 9.96 Å². The fourth-order valence-corrected chi connectivity index (χ4v) is 2.42. The molecule has 0 unspecified atom stereocenters. The summed E-state index contributed by atoms with van der Waals surface area (Å²) in [6.07, 6.45) is -1.47. The highest BCUT2D eigenvalue weighted by molar-refractivity contribution is 6.68. The standard InChI is InChI=1S/C16H11Cl3N4O6/c17-16(18,19)15(20-13(24)9-1-5-11(6-2-9)22(26)27)21-14(25)10-3-7-12(8-4-10)23(28)29/h1-8,15H,(H,20,24)(H,21,25). The van der Waals surface area contributed by atoms with Crippen LogP contribution in [-0.2, 0) is 0 Å². The summed E-state index contributed by atoms with van der Waals surface area (Å²) in [6, 6.07) is 9.26. The first-order valence-electron chi connectivity index (χ1n) is 7.66. The lowest BCUT2D eigenvalue weighted by Gasteiger charge is -2.26. The van der Waals surface area contributed by atoms with E-state index in [1.54, 1.807) is 0 Å². The second kappa shape index (κ2) is 9.03. The zero-order valence-corrected chi connectivity index (χ0v) is 16.4. The summed E-state index contributed by atoms with van der Waals surface area (Å²) >= 11 is 17.5. The number of nitro groups is 2. The average molecular weight is 462 g/mol. The van der Waals surface area contributed by atoms with E-state index in [1.807, 2.05) is 0 Å². The van der Waals surface area contributed by atoms with Gasteiger partial charge >= 0.3 is 0 Å². The third kappa shape index (κ3) is 6.01. The maximum atomic E-state index is 12.3. The van der Waals surface area contributed by atoms with Gasteiger partial charge in [-0.1, -0.05) is 34.8 Å². The van der Waals surface area contributed by atoms with E-state index in [0.29, 0.717) is 0 Å². The van der Waals surface area contributed by atoms with Crippen LogP contribution in [0.1, 0.15) is 20.7 Å². The number of carbonyl (C=O) groups is 2. The highest BCUT2D eigenvalue weighted by Gasteiger charge is 2.35. The molecule has 2 rings (SSSR count). The van der Waals surface area contributed by atoms with Crippen molar-refractivity contribution in [3.05, 3.63) is 79.9 Å². The molecule has 0 aliphatic carbocycles. The Morgan fingerprint density at radius 3 is 1.31 bits per heavy atom. The van der Waals surface area contributed by atoms with Gasteiger partial charge in [0, 0.05) is 35.4 Å². The van der Waals surface area contributed by atoms with Crippen LogP contribution in [0.5, 0.6) is 0 Å². The molecule has 0 heterocycles. The van der Waals surface area contributed by atoms with Gasteiger partial charge in [-0.25, -0.2) is 0 Å². The zero-order chi connectivity index (χ0) is 21.8. The Bertz CT molecular complexity index is 873. The predicted octanol–water partition coefficient (Wildman–Crippen LogP) is 3.36. The molecule has 0 spiro atoms. The normalized spacial score (nSPS) is 11.0. The Balaban J connectivity index is 2.14. The maximum Gasteiger partial charge on any atom is 0.269 e. The van der Waals surface area contributed by atoms with Crippen molar-refractivity contribution in [2.24, 2.45) is 0 Å². The molecule has 0 radical (unpaired) electrons. The van der Waals surface area contributed by atoms with Gasteiger partial charge in [-0.3, -0.25) is 29.8 Å². The number of amides is 2. The van der Waals surface area contributed by atoms with Crippen LogP contribution in [-0.4, -0.2) is 31.6 Å². The highest BCUT2D eigenvalue weighted by Crippen LogP contribution is 2.29. The van der Waals surface area contributed by atoms with Crippen LogP contribution in [0.3, 0.4) is 0 Å². The molecule has 0 aliphatic heterocycles. The molecule has 2 aromatic carbocycles. The molecule has 0 aromatic heterocycles. The Labute approximate surface area is 178 Å². The molecule has 0 fully saturated rings. The van der Waals surface area contributed by atoms with Gasteiger partial charge in [-0.2, -0.15) is 0 Å². The summed E-state index contributed by atoms with van der Waals surface area (Å²) < 4.78 is -2.15. The van der Waals surface area contributed by atoms with Crippen molar-refractivity contribution in [3.63, 3.8) is 0 Å². The minimum Gasteiger partial charge on any atom is -0.328 e. The van der Waals surface area contributed by atoms with E-state index in [9.17, 15) is 29.8 Å². The largest absolute Gasteiger partial charge is 0.328 e. The molecule has 29 heavy (non-hydrogen) atoms. The Morgan fingerprint density at radius 1 is 0.759 bits per heavy atom. The van der Waals surface area contributed by atoms with Crippen molar-refractivity contribution in [2.75, 3.05) is 0 Å². The topological polar surface area (TPSA) is 144 Å². The van der Waals surface area contributed by atoms with Crippen LogP contribution in [0.25, 0.3) is 0 Å². The number of nitrogens with zero attached hydrogens (tertiary/aromatic N) is 2. The number of benzene rings is 2. The van der Waals surface area contributed by atoms with Crippen molar-refractivity contribution in [1.82, 2.24) is 10.6 Å². The molecule has 2 N–H and O–H groups in total. The van der Waals surface area contributed by atoms with E-state index in [4.69, 9.17) is 34.8 Å². The van der Waals surface area contributed by atoms with Crippen molar-refractivity contribution >= 4 is 58.0 Å². The number of hydrogen-bond donors (Lipinski definition) is 2. The van der Waals surface area contributed by atoms with E-state index in [0.717, 1.165) is 24.3 Å². The molecule has 10 nitrogen and oxygen atoms in total. The monoisotopic (exact) mass is 460 g/mol. The summed E-state index contributed by atoms with van der Waals surface area (Å²) in [5.41, 5.74) is -0.379. The molecule has 152 valence electrons. The number of halogens is 3. The number of rotatable bonds is 6. The summed E-state index contributed by atoms with van der Waals surface area (Å²) in [5, 5.41) is 26.0. The van der Waals surface area contributed by atoms with Crippen LogP contribution >= 0.6 is 34.8 Å². The Morgan fingerprint density at radius 2 is 1.07 bits per heavy atom. The van der Waals surface area contributed by atoms with E-state index in [-0.39, 0.29) is 22.5 Å². The first-order valence-corrected chi connectivity index (χ1v) is 8.80. The van der Waals surface area contributed by atoms with Gasteiger partial charge < -0.3 is 10.6 Å². The quantitative estimate of drug-likeness (QED) is 0.292. The van der Waals surface area contributed by atoms with Gasteiger partial charge in [0.2, 0.25) is 3.79 Å². The SMILES string of the molecule is O=C(NC(NC(=O)c1ccc([N+](=O)[O-])cc1)C(Cl)(Cl)Cl)c1ccc([N+](=O)[O-])cc1. The average Bonchev–Trinajstić information content (AvgIpc) is 2.66. The molecule has 0 aliphatic rings. The highest BCUT2D eigenvalue weighted by atomic mass is 35.6. The smallest absolute Gasteiger partial charge is 0.269 e. The van der Waals surface area contributed by atoms with Gasteiger partial charge in [0.05, 0.1) is 9.85 Å². The van der Waals surface area contributed by atoms with E-state index >= 15 is 0 Å². The van der Waals surface area contributed by atoms with Crippen molar-refractivity contribution in [1.29, 1.82) is 0 Å². The Hall–Kier alpha value is -2.95. The van der Waals surface area contributed by atoms with Crippen LogP contribution in [0.15, 0.2) is 48.5 Å². The van der Waals surface area contributed by atoms with Crippen LogP contribution in [0.4, 0.5) is 11.4 Å². The third-order valence-corrected chi connectivity index (χ3v) is 4.21. The van der Waals surface area contributed by atoms with Crippen LogP contribution < -0.4 is 10.6 Å². The molecule has 0 bridgehead atoms. The molecule has 2 amide bonds. The molecule has 2 aromatic rings. The molecular weight excluding hydrogens is 451 g/mol. The van der Waals surface area contributed by atoms with Crippen LogP contribution in [0.2, 0.25) is 0 Å². The van der Waals surface area contributed by atoms with E-state index in [2.05, 4.69) is 10.6 Å². The summed E-state index contributed by atoms with van der Waals surface area (Å²) in [6.45, 7) is 0. The summed E-state index contributed by atoms with van der Waals surface area (Å²) in [7, 11) is 0. The minimum absolute atomic E-state index is 0.0273. The molecule has 0 atom stereocenters. The number of nitrogens with one attached hydrogen (secondary N) is 2. The lowest BCUT2D eigenvalue weighted by molar-refractivity contribution is -0.385. The van der Waals surface area contributed by atoms with E-state index < -0.39 is 31.6 Å². The van der Waals surface area contributed by atoms with E-state index in [1.165, 1.54) is 24.3 Å². The number of carbonyl (C=O) groups excluding carboxylic acids is 2. The molecular formula is C16H11Cl3N4O6. The zero-order valence-electron chi connectivity index (χ0n) is 14.2. The summed E-state index contributed by atoms with van der Waals surface area (Å²) in [4.78, 5) is 44.8. The van der Waals surface area contributed by atoms with Gasteiger partial charge in [0.25, 0.3) is 23.2 Å². The third-order valence-electron chi connectivity index (χ3n) is 3.56. The van der Waals surface area contributed by atoms with Gasteiger partial charge in [0.1, 0.15) is 6.17 Å². The first kappa shape index (κ1) is 22.3. The van der Waals surface area contributed by atoms with Crippen molar-refractivity contribution < 1.29 is 19.4 Å². The number of hydrogen-bond acceptors (Lipinski definition) is 6. The molecule has 13 heteroatoms. The number of non-ortho nitro benzene ring substituents is 2. The fraction of sp³-hybridized carbons (Fsp3) is 0.125. The lowest BCUT2D eigenvalue weighted by atomic mass is 10.2. The maximum absolute atomic E-state index is 12.3. The van der Waals surface area contributed by atoms with Crippen molar-refractivity contribution in [3.8, 4) is 0 Å². The summed E-state index contributed by atoms with van der Waals surface area (Å²) in [5.74, 6) is -1.53.